The molecule has 0 spiro atoms. The maximum atomic E-state index is 6.00. The Kier molecular flexibility index (Phi) is 4.46. The van der Waals surface area contributed by atoms with Crippen molar-refractivity contribution in [2.75, 3.05) is 0 Å². The highest BCUT2D eigenvalue weighted by Crippen LogP contribution is 2.29. The van der Waals surface area contributed by atoms with E-state index in [1.807, 2.05) is 30.3 Å². The molecule has 0 radical (unpaired) electrons. The molecule has 0 atom stereocenters. The van der Waals surface area contributed by atoms with Crippen molar-refractivity contribution >= 4 is 11.6 Å². The standard InChI is InChI=1S/C16H18ClNO/c1-11(2)12-4-3-5-15(8-12)19-16-9-14(17)7-6-13(16)10-18/h3-9,11H,10,18H2,1-2H3. The quantitative estimate of drug-likeness (QED) is 0.877. The van der Waals surface area contributed by atoms with Crippen LogP contribution in [-0.2, 0) is 6.54 Å². The fourth-order valence-corrected chi connectivity index (χ4v) is 2.02. The lowest BCUT2D eigenvalue weighted by Gasteiger charge is -2.12. The minimum absolute atomic E-state index is 0.427. The molecule has 0 amide bonds. The molecule has 100 valence electrons. The van der Waals surface area contributed by atoms with E-state index in [1.54, 1.807) is 6.07 Å². The van der Waals surface area contributed by atoms with Gasteiger partial charge < -0.3 is 10.5 Å². The van der Waals surface area contributed by atoms with Crippen molar-refractivity contribution in [2.24, 2.45) is 5.73 Å². The van der Waals surface area contributed by atoms with Crippen LogP contribution in [0.3, 0.4) is 0 Å². The lowest BCUT2D eigenvalue weighted by Crippen LogP contribution is -1.99. The van der Waals surface area contributed by atoms with E-state index in [2.05, 4.69) is 19.9 Å². The monoisotopic (exact) mass is 275 g/mol. The van der Waals surface area contributed by atoms with Crippen molar-refractivity contribution in [3.63, 3.8) is 0 Å². The second-order valence-corrected chi connectivity index (χ2v) is 5.22. The lowest BCUT2D eigenvalue weighted by atomic mass is 10.0. The molecule has 0 aliphatic heterocycles. The molecule has 19 heavy (non-hydrogen) atoms. The van der Waals surface area contributed by atoms with Crippen LogP contribution in [0, 0.1) is 0 Å². The topological polar surface area (TPSA) is 35.2 Å². The Balaban J connectivity index is 2.30. The van der Waals surface area contributed by atoms with Crippen LogP contribution in [0.2, 0.25) is 5.02 Å². The normalized spacial score (nSPS) is 10.8. The number of hydrogen-bond donors (Lipinski definition) is 1. The molecule has 0 heterocycles. The first-order chi connectivity index (χ1) is 9.10. The van der Waals surface area contributed by atoms with Crippen LogP contribution in [0.25, 0.3) is 0 Å². The predicted molar refractivity (Wildman–Crippen MR) is 79.9 cm³/mol. The number of hydrogen-bond acceptors (Lipinski definition) is 2. The van der Waals surface area contributed by atoms with Gasteiger partial charge in [-0.25, -0.2) is 0 Å². The number of nitrogens with two attached hydrogens (primary N) is 1. The first-order valence-electron chi connectivity index (χ1n) is 6.36. The predicted octanol–water partition coefficient (Wildman–Crippen LogP) is 4.71. The summed E-state index contributed by atoms with van der Waals surface area (Å²) in [4.78, 5) is 0. The van der Waals surface area contributed by atoms with Crippen molar-refractivity contribution in [1.82, 2.24) is 0 Å². The molecule has 2 aromatic carbocycles. The average molecular weight is 276 g/mol. The van der Waals surface area contributed by atoms with Gasteiger partial charge in [-0.05, 0) is 35.7 Å². The summed E-state index contributed by atoms with van der Waals surface area (Å²) in [6.45, 7) is 4.74. The molecule has 0 aliphatic rings. The van der Waals surface area contributed by atoms with E-state index in [9.17, 15) is 0 Å². The van der Waals surface area contributed by atoms with E-state index >= 15 is 0 Å². The molecule has 0 aliphatic carbocycles. The first-order valence-corrected chi connectivity index (χ1v) is 6.74. The van der Waals surface area contributed by atoms with Gasteiger partial charge in [0.25, 0.3) is 0 Å². The second-order valence-electron chi connectivity index (χ2n) is 4.79. The smallest absolute Gasteiger partial charge is 0.133 e. The van der Waals surface area contributed by atoms with Crippen LogP contribution >= 0.6 is 11.6 Å². The minimum Gasteiger partial charge on any atom is -0.457 e. The maximum absolute atomic E-state index is 6.00. The van der Waals surface area contributed by atoms with Crippen LogP contribution in [0.1, 0.15) is 30.9 Å². The highest BCUT2D eigenvalue weighted by Gasteiger charge is 2.06. The molecule has 2 aromatic rings. The number of rotatable bonds is 4. The van der Waals surface area contributed by atoms with Crippen LogP contribution in [0.4, 0.5) is 0 Å². The number of ether oxygens (including phenoxy) is 1. The van der Waals surface area contributed by atoms with E-state index in [1.165, 1.54) is 5.56 Å². The van der Waals surface area contributed by atoms with Crippen LogP contribution in [-0.4, -0.2) is 0 Å². The van der Waals surface area contributed by atoms with Gasteiger partial charge in [0, 0.05) is 17.1 Å². The van der Waals surface area contributed by atoms with Gasteiger partial charge in [-0.15, -0.1) is 0 Å². The summed E-state index contributed by atoms with van der Waals surface area (Å²) in [6, 6.07) is 13.6. The summed E-state index contributed by atoms with van der Waals surface area (Å²) in [6.07, 6.45) is 0. The molecule has 0 bridgehead atoms. The van der Waals surface area contributed by atoms with E-state index < -0.39 is 0 Å². The highest BCUT2D eigenvalue weighted by atomic mass is 35.5. The Morgan fingerprint density at radius 1 is 1.16 bits per heavy atom. The molecular weight excluding hydrogens is 258 g/mol. The van der Waals surface area contributed by atoms with E-state index in [-0.39, 0.29) is 0 Å². The van der Waals surface area contributed by atoms with Crippen LogP contribution in [0.5, 0.6) is 11.5 Å². The van der Waals surface area contributed by atoms with Crippen molar-refractivity contribution in [1.29, 1.82) is 0 Å². The molecule has 2 rings (SSSR count). The lowest BCUT2D eigenvalue weighted by molar-refractivity contribution is 0.475. The molecule has 0 saturated heterocycles. The summed E-state index contributed by atoms with van der Waals surface area (Å²) < 4.78 is 5.91. The molecule has 0 saturated carbocycles. The third kappa shape index (κ3) is 3.49. The Bertz CT molecular complexity index is 566. The third-order valence-electron chi connectivity index (χ3n) is 3.00. The van der Waals surface area contributed by atoms with Gasteiger partial charge in [0.05, 0.1) is 0 Å². The van der Waals surface area contributed by atoms with Gasteiger partial charge in [0.15, 0.2) is 0 Å². The zero-order valence-corrected chi connectivity index (χ0v) is 11.9. The van der Waals surface area contributed by atoms with Crippen molar-refractivity contribution in [3.8, 4) is 11.5 Å². The SMILES string of the molecule is CC(C)c1cccc(Oc2cc(Cl)ccc2CN)c1. The van der Waals surface area contributed by atoms with Gasteiger partial charge in [-0.2, -0.15) is 0 Å². The molecule has 0 fully saturated rings. The summed E-state index contributed by atoms with van der Waals surface area (Å²) in [5, 5.41) is 0.646. The summed E-state index contributed by atoms with van der Waals surface area (Å²) in [7, 11) is 0. The largest absolute Gasteiger partial charge is 0.457 e. The molecule has 0 unspecified atom stereocenters. The van der Waals surface area contributed by atoms with Gasteiger partial charge >= 0.3 is 0 Å². The average Bonchev–Trinajstić information content (AvgIpc) is 2.39. The Morgan fingerprint density at radius 2 is 1.95 bits per heavy atom. The summed E-state index contributed by atoms with van der Waals surface area (Å²) >= 11 is 6.00. The van der Waals surface area contributed by atoms with Crippen molar-refractivity contribution < 1.29 is 4.74 Å². The molecule has 3 heteroatoms. The summed E-state index contributed by atoms with van der Waals surface area (Å²) in [5.74, 6) is 2.00. The second kappa shape index (κ2) is 6.09. The third-order valence-corrected chi connectivity index (χ3v) is 3.24. The fraction of sp³-hybridized carbons (Fsp3) is 0.250. The molecule has 2 nitrogen and oxygen atoms in total. The highest BCUT2D eigenvalue weighted by molar-refractivity contribution is 6.30. The fourth-order valence-electron chi connectivity index (χ4n) is 1.86. The van der Waals surface area contributed by atoms with Crippen molar-refractivity contribution in [3.05, 3.63) is 58.6 Å². The maximum Gasteiger partial charge on any atom is 0.133 e. The molecular formula is C16H18ClNO. The van der Waals surface area contributed by atoms with E-state index in [0.717, 1.165) is 17.1 Å². The van der Waals surface area contributed by atoms with Gasteiger partial charge in [-0.1, -0.05) is 43.6 Å². The Hall–Kier alpha value is -1.51. The minimum atomic E-state index is 0.427. The van der Waals surface area contributed by atoms with Gasteiger partial charge in [-0.3, -0.25) is 0 Å². The van der Waals surface area contributed by atoms with Crippen LogP contribution in [0.15, 0.2) is 42.5 Å². The van der Waals surface area contributed by atoms with Gasteiger partial charge in [0.2, 0.25) is 0 Å². The first kappa shape index (κ1) is 13.9. The Morgan fingerprint density at radius 3 is 2.63 bits per heavy atom. The number of benzene rings is 2. The molecule has 2 N–H and O–H groups in total. The van der Waals surface area contributed by atoms with Crippen LogP contribution < -0.4 is 10.5 Å². The molecule has 0 aromatic heterocycles. The zero-order chi connectivity index (χ0) is 13.8. The van der Waals surface area contributed by atoms with Crippen molar-refractivity contribution in [2.45, 2.75) is 26.3 Å². The Labute approximate surface area is 119 Å². The number of halogens is 1. The van der Waals surface area contributed by atoms with E-state index in [4.69, 9.17) is 22.1 Å². The van der Waals surface area contributed by atoms with Gasteiger partial charge in [0.1, 0.15) is 11.5 Å². The van der Waals surface area contributed by atoms with E-state index in [0.29, 0.717) is 17.5 Å². The zero-order valence-electron chi connectivity index (χ0n) is 11.2. The summed E-state index contributed by atoms with van der Waals surface area (Å²) in [5.41, 5.74) is 7.90.